The molecule has 0 saturated heterocycles. The molecule has 0 atom stereocenters. The van der Waals surface area contributed by atoms with Gasteiger partial charge in [-0.15, -0.1) is 0 Å². The third kappa shape index (κ3) is 3.06. The number of carbonyl (C=O) groups excluding carboxylic acids is 1. The third-order valence-electron chi connectivity index (χ3n) is 2.79. The minimum atomic E-state index is -0.470. The Labute approximate surface area is 115 Å². The van der Waals surface area contributed by atoms with Gasteiger partial charge >= 0.3 is 5.97 Å². The summed E-state index contributed by atoms with van der Waals surface area (Å²) in [7, 11) is 1.84. The third-order valence-corrected chi connectivity index (χ3v) is 3.12. The molecule has 0 aliphatic heterocycles. The molecule has 0 aliphatic carbocycles. The molecule has 1 heterocycles. The molecule has 100 valence electrons. The normalized spacial score (nSPS) is 10.4. The van der Waals surface area contributed by atoms with E-state index in [2.05, 4.69) is 5.10 Å². The Morgan fingerprint density at radius 3 is 2.95 bits per heavy atom. The standard InChI is InChI=1S/C13H14ClN3O2/c1-17-9(5-7-16-17)6-8-19-13(18)10-3-2-4-11(14)12(10)15/h2-5,7H,6,8,15H2,1H3. The van der Waals surface area contributed by atoms with Crippen molar-refractivity contribution in [3.05, 3.63) is 46.7 Å². The molecule has 19 heavy (non-hydrogen) atoms. The van der Waals surface area contributed by atoms with Gasteiger partial charge in [-0.05, 0) is 18.2 Å². The van der Waals surface area contributed by atoms with E-state index in [0.29, 0.717) is 11.4 Å². The van der Waals surface area contributed by atoms with E-state index in [4.69, 9.17) is 22.1 Å². The summed E-state index contributed by atoms with van der Waals surface area (Å²) in [6.07, 6.45) is 2.30. The first-order valence-electron chi connectivity index (χ1n) is 5.77. The fourth-order valence-corrected chi connectivity index (χ4v) is 1.86. The van der Waals surface area contributed by atoms with Gasteiger partial charge in [-0.1, -0.05) is 17.7 Å². The van der Waals surface area contributed by atoms with Crippen molar-refractivity contribution >= 4 is 23.3 Å². The molecule has 0 aliphatic rings. The number of para-hydroxylation sites is 1. The van der Waals surface area contributed by atoms with Crippen LogP contribution in [0, 0.1) is 0 Å². The first-order chi connectivity index (χ1) is 9.09. The molecule has 2 rings (SSSR count). The lowest BCUT2D eigenvalue weighted by atomic mass is 10.2. The minimum Gasteiger partial charge on any atom is -0.462 e. The second-order valence-corrected chi connectivity index (χ2v) is 4.44. The van der Waals surface area contributed by atoms with Gasteiger partial charge in [0.2, 0.25) is 0 Å². The van der Waals surface area contributed by atoms with E-state index in [-0.39, 0.29) is 17.9 Å². The number of anilines is 1. The van der Waals surface area contributed by atoms with E-state index in [1.807, 2.05) is 13.1 Å². The summed E-state index contributed by atoms with van der Waals surface area (Å²) in [6, 6.07) is 6.76. The number of nitrogen functional groups attached to an aromatic ring is 1. The highest BCUT2D eigenvalue weighted by Crippen LogP contribution is 2.22. The Morgan fingerprint density at radius 1 is 1.47 bits per heavy atom. The molecule has 5 nitrogen and oxygen atoms in total. The lowest BCUT2D eigenvalue weighted by Crippen LogP contribution is -2.12. The van der Waals surface area contributed by atoms with Gasteiger partial charge in [-0.2, -0.15) is 5.10 Å². The second kappa shape index (κ2) is 5.75. The van der Waals surface area contributed by atoms with Crippen LogP contribution in [-0.4, -0.2) is 22.4 Å². The van der Waals surface area contributed by atoms with Crippen LogP contribution >= 0.6 is 11.6 Å². The van der Waals surface area contributed by atoms with Crippen LogP contribution in [0.3, 0.4) is 0 Å². The van der Waals surface area contributed by atoms with Crippen LogP contribution in [0.5, 0.6) is 0 Å². The molecule has 2 N–H and O–H groups in total. The number of nitrogens with two attached hydrogens (primary N) is 1. The highest BCUT2D eigenvalue weighted by atomic mass is 35.5. The molecule has 0 radical (unpaired) electrons. The van der Waals surface area contributed by atoms with Crippen LogP contribution in [0.1, 0.15) is 16.1 Å². The number of benzene rings is 1. The Kier molecular flexibility index (Phi) is 4.06. The maximum atomic E-state index is 11.8. The zero-order valence-electron chi connectivity index (χ0n) is 10.5. The summed E-state index contributed by atoms with van der Waals surface area (Å²) in [6.45, 7) is 0.268. The number of carbonyl (C=O) groups is 1. The Bertz CT molecular complexity index is 595. The Morgan fingerprint density at radius 2 is 2.26 bits per heavy atom. The largest absolute Gasteiger partial charge is 0.462 e. The number of halogens is 1. The molecule has 0 bridgehead atoms. The number of ether oxygens (including phenoxy) is 1. The van der Waals surface area contributed by atoms with Crippen molar-refractivity contribution < 1.29 is 9.53 Å². The highest BCUT2D eigenvalue weighted by molar-refractivity contribution is 6.33. The second-order valence-electron chi connectivity index (χ2n) is 4.03. The zero-order valence-corrected chi connectivity index (χ0v) is 11.2. The molecular weight excluding hydrogens is 266 g/mol. The van der Waals surface area contributed by atoms with Crippen LogP contribution in [0.25, 0.3) is 0 Å². The molecule has 2 aromatic rings. The molecule has 0 amide bonds. The summed E-state index contributed by atoms with van der Waals surface area (Å²) in [5, 5.41) is 4.39. The van der Waals surface area contributed by atoms with Gasteiger partial charge < -0.3 is 10.5 Å². The van der Waals surface area contributed by atoms with Gasteiger partial charge in [-0.25, -0.2) is 4.79 Å². The van der Waals surface area contributed by atoms with Crippen molar-refractivity contribution in [3.63, 3.8) is 0 Å². The van der Waals surface area contributed by atoms with Crippen molar-refractivity contribution in [1.82, 2.24) is 9.78 Å². The number of hydrogen-bond donors (Lipinski definition) is 1. The average Bonchev–Trinajstić information content (AvgIpc) is 2.78. The highest BCUT2D eigenvalue weighted by Gasteiger charge is 2.13. The molecule has 0 fully saturated rings. The molecule has 0 saturated carbocycles. The van der Waals surface area contributed by atoms with Crippen molar-refractivity contribution in [2.75, 3.05) is 12.3 Å². The summed E-state index contributed by atoms with van der Waals surface area (Å²) in [4.78, 5) is 11.8. The Balaban J connectivity index is 1.95. The van der Waals surface area contributed by atoms with Crippen LogP contribution in [0.2, 0.25) is 5.02 Å². The van der Waals surface area contributed by atoms with E-state index in [0.717, 1.165) is 5.69 Å². The van der Waals surface area contributed by atoms with Gasteiger partial charge in [0, 0.05) is 25.4 Å². The zero-order chi connectivity index (χ0) is 13.8. The lowest BCUT2D eigenvalue weighted by molar-refractivity contribution is 0.0509. The molecular formula is C13H14ClN3O2. The molecule has 0 spiro atoms. The van der Waals surface area contributed by atoms with Crippen LogP contribution in [-0.2, 0) is 18.2 Å². The van der Waals surface area contributed by atoms with Crippen LogP contribution in [0.15, 0.2) is 30.5 Å². The molecule has 0 unspecified atom stereocenters. The smallest absolute Gasteiger partial charge is 0.340 e. The van der Waals surface area contributed by atoms with Gasteiger partial charge in [0.05, 0.1) is 22.9 Å². The topological polar surface area (TPSA) is 70.1 Å². The fraction of sp³-hybridized carbons (Fsp3) is 0.231. The van der Waals surface area contributed by atoms with Crippen molar-refractivity contribution in [3.8, 4) is 0 Å². The van der Waals surface area contributed by atoms with Gasteiger partial charge in [0.15, 0.2) is 0 Å². The van der Waals surface area contributed by atoms with Crippen molar-refractivity contribution in [1.29, 1.82) is 0 Å². The average molecular weight is 280 g/mol. The van der Waals surface area contributed by atoms with E-state index < -0.39 is 5.97 Å². The minimum absolute atomic E-state index is 0.245. The number of aryl methyl sites for hydroxylation is 1. The SMILES string of the molecule is Cn1nccc1CCOC(=O)c1cccc(Cl)c1N. The molecule has 1 aromatic carbocycles. The van der Waals surface area contributed by atoms with E-state index >= 15 is 0 Å². The van der Waals surface area contributed by atoms with Crippen LogP contribution in [0.4, 0.5) is 5.69 Å². The Hall–Kier alpha value is -2.01. The van der Waals surface area contributed by atoms with Crippen molar-refractivity contribution in [2.45, 2.75) is 6.42 Å². The van der Waals surface area contributed by atoms with Crippen molar-refractivity contribution in [2.24, 2.45) is 7.05 Å². The summed E-state index contributed by atoms with van der Waals surface area (Å²) in [5.41, 5.74) is 7.25. The number of nitrogens with zero attached hydrogens (tertiary/aromatic N) is 2. The molecule has 6 heteroatoms. The summed E-state index contributed by atoms with van der Waals surface area (Å²) in [5.74, 6) is -0.470. The first-order valence-corrected chi connectivity index (χ1v) is 6.15. The van der Waals surface area contributed by atoms with Gasteiger partial charge in [-0.3, -0.25) is 4.68 Å². The first kappa shape index (κ1) is 13.4. The van der Waals surface area contributed by atoms with E-state index in [1.54, 1.807) is 29.1 Å². The number of hydrogen-bond acceptors (Lipinski definition) is 4. The number of esters is 1. The fourth-order valence-electron chi connectivity index (χ4n) is 1.69. The predicted octanol–water partition coefficient (Wildman–Crippen LogP) is 2.06. The number of aromatic nitrogens is 2. The maximum Gasteiger partial charge on any atom is 0.340 e. The lowest BCUT2D eigenvalue weighted by Gasteiger charge is -2.08. The predicted molar refractivity (Wildman–Crippen MR) is 73.1 cm³/mol. The van der Waals surface area contributed by atoms with E-state index in [1.165, 1.54) is 0 Å². The maximum absolute atomic E-state index is 11.8. The summed E-state index contributed by atoms with van der Waals surface area (Å²) >= 11 is 5.85. The monoisotopic (exact) mass is 279 g/mol. The molecule has 1 aromatic heterocycles. The van der Waals surface area contributed by atoms with Gasteiger partial charge in [0.25, 0.3) is 0 Å². The van der Waals surface area contributed by atoms with Gasteiger partial charge in [0.1, 0.15) is 0 Å². The quantitative estimate of drug-likeness (QED) is 0.687. The van der Waals surface area contributed by atoms with E-state index in [9.17, 15) is 4.79 Å². The van der Waals surface area contributed by atoms with Crippen LogP contribution < -0.4 is 5.73 Å². The summed E-state index contributed by atoms with van der Waals surface area (Å²) < 4.78 is 6.91. The number of rotatable bonds is 4.